The van der Waals surface area contributed by atoms with Crippen LogP contribution in [0.2, 0.25) is 0 Å². The van der Waals surface area contributed by atoms with Crippen LogP contribution in [0.5, 0.6) is 0 Å². The number of nitrogens with zero attached hydrogens (tertiary/aromatic N) is 3. The van der Waals surface area contributed by atoms with Crippen LogP contribution in [0.1, 0.15) is 19.3 Å². The number of pyridine rings is 1. The summed E-state index contributed by atoms with van der Waals surface area (Å²) in [6.45, 7) is 0. The highest BCUT2D eigenvalue weighted by Crippen LogP contribution is 2.49. The number of aromatic nitrogens is 3. The van der Waals surface area contributed by atoms with E-state index in [1.807, 2.05) is 12.1 Å². The van der Waals surface area contributed by atoms with Gasteiger partial charge in [-0.3, -0.25) is 9.78 Å². The van der Waals surface area contributed by atoms with Crippen LogP contribution in [-0.2, 0) is 4.79 Å². The maximum atomic E-state index is 11.5. The van der Waals surface area contributed by atoms with E-state index < -0.39 is 5.97 Å². The van der Waals surface area contributed by atoms with Crippen molar-refractivity contribution >= 4 is 23.0 Å². The Morgan fingerprint density at radius 3 is 2.86 bits per heavy atom. The third-order valence-electron chi connectivity index (χ3n) is 4.85. The lowest BCUT2D eigenvalue weighted by Crippen LogP contribution is -2.39. The number of fused-ring (bicyclic) bond motifs is 3. The van der Waals surface area contributed by atoms with Crippen molar-refractivity contribution in [3.63, 3.8) is 0 Å². The van der Waals surface area contributed by atoms with Crippen molar-refractivity contribution in [2.24, 2.45) is 17.8 Å². The van der Waals surface area contributed by atoms with Gasteiger partial charge in [-0.25, -0.2) is 9.97 Å². The summed E-state index contributed by atoms with van der Waals surface area (Å²) in [6.07, 6.45) is 6.40. The zero-order chi connectivity index (χ0) is 14.4. The summed E-state index contributed by atoms with van der Waals surface area (Å²) in [5, 5.41) is 12.8. The number of aliphatic carboxylic acids is 1. The molecular weight excluding hydrogens is 268 g/mol. The van der Waals surface area contributed by atoms with Gasteiger partial charge in [-0.2, -0.15) is 0 Å². The summed E-state index contributed by atoms with van der Waals surface area (Å²) in [7, 11) is 0. The molecule has 2 aromatic rings. The van der Waals surface area contributed by atoms with Crippen LogP contribution in [0.15, 0.2) is 24.5 Å². The fourth-order valence-corrected chi connectivity index (χ4v) is 3.96. The lowest BCUT2D eigenvalue weighted by molar-refractivity contribution is -0.143. The first kappa shape index (κ1) is 12.5. The van der Waals surface area contributed by atoms with E-state index in [1.165, 1.54) is 0 Å². The van der Waals surface area contributed by atoms with Crippen molar-refractivity contribution in [1.82, 2.24) is 15.0 Å². The Hall–Kier alpha value is -2.24. The van der Waals surface area contributed by atoms with Crippen LogP contribution >= 0.6 is 0 Å². The highest BCUT2D eigenvalue weighted by Gasteiger charge is 2.51. The lowest BCUT2D eigenvalue weighted by atomic mass is 9.84. The van der Waals surface area contributed by atoms with Crippen LogP contribution in [-0.4, -0.2) is 32.1 Å². The minimum atomic E-state index is -0.694. The molecule has 0 saturated heterocycles. The lowest BCUT2D eigenvalue weighted by Gasteiger charge is -2.29. The first-order valence-corrected chi connectivity index (χ1v) is 7.29. The van der Waals surface area contributed by atoms with Gasteiger partial charge in [-0.05, 0) is 43.2 Å². The standard InChI is InChI=1S/C15H16N4O2/c20-15(21)12-8-1-2-9(7-8)13(12)18-11-4-3-10-14(19-11)17-6-5-16-10/h3-6,8-9,12-13H,1-2,7H2,(H,20,21)(H,17,18,19). The van der Waals surface area contributed by atoms with E-state index in [0.717, 1.165) is 24.8 Å². The number of nitrogens with one attached hydrogen (secondary N) is 1. The zero-order valence-corrected chi connectivity index (χ0v) is 11.4. The fraction of sp³-hybridized carbons (Fsp3) is 0.467. The van der Waals surface area contributed by atoms with Crippen molar-refractivity contribution < 1.29 is 9.90 Å². The molecule has 0 amide bonds. The topological polar surface area (TPSA) is 88.0 Å². The summed E-state index contributed by atoms with van der Waals surface area (Å²) >= 11 is 0. The quantitative estimate of drug-likeness (QED) is 0.895. The molecular formula is C15H16N4O2. The number of rotatable bonds is 3. The van der Waals surface area contributed by atoms with Crippen LogP contribution in [0.3, 0.4) is 0 Å². The second kappa shape index (κ2) is 4.65. The SMILES string of the molecule is O=C(O)C1C2CCC(C2)C1Nc1ccc2nccnc2n1. The number of carbonyl (C=O) groups is 1. The zero-order valence-electron chi connectivity index (χ0n) is 11.4. The van der Waals surface area contributed by atoms with Crippen molar-refractivity contribution in [3.8, 4) is 0 Å². The minimum absolute atomic E-state index is 0.0251. The molecule has 4 rings (SSSR count). The Kier molecular flexibility index (Phi) is 2.77. The van der Waals surface area contributed by atoms with Crippen molar-refractivity contribution in [3.05, 3.63) is 24.5 Å². The maximum absolute atomic E-state index is 11.5. The summed E-state index contributed by atoms with van der Waals surface area (Å²) in [5.74, 6) is 0.441. The second-order valence-electron chi connectivity index (χ2n) is 5.96. The van der Waals surface area contributed by atoms with Crippen LogP contribution in [0.4, 0.5) is 5.82 Å². The maximum Gasteiger partial charge on any atom is 0.308 e. The Morgan fingerprint density at radius 2 is 2.00 bits per heavy atom. The summed E-state index contributed by atoms with van der Waals surface area (Å²) in [4.78, 5) is 24.3. The third kappa shape index (κ3) is 2.02. The van der Waals surface area contributed by atoms with E-state index in [1.54, 1.807) is 12.4 Å². The van der Waals surface area contributed by atoms with Crippen molar-refractivity contribution in [2.75, 3.05) is 5.32 Å². The number of hydrogen-bond donors (Lipinski definition) is 2. The largest absolute Gasteiger partial charge is 0.481 e. The van der Waals surface area contributed by atoms with E-state index >= 15 is 0 Å². The molecule has 21 heavy (non-hydrogen) atoms. The predicted octanol–water partition coefficient (Wildman–Crippen LogP) is 1.94. The van der Waals surface area contributed by atoms with Gasteiger partial charge in [0.1, 0.15) is 11.3 Å². The second-order valence-corrected chi connectivity index (χ2v) is 5.96. The number of carboxylic acids is 1. The van der Waals surface area contributed by atoms with E-state index in [4.69, 9.17) is 0 Å². The van der Waals surface area contributed by atoms with Crippen molar-refractivity contribution in [1.29, 1.82) is 0 Å². The first-order chi connectivity index (χ1) is 10.2. The number of carboxylic acid groups (broad SMARTS) is 1. The van der Waals surface area contributed by atoms with Gasteiger partial charge in [-0.15, -0.1) is 0 Å². The number of hydrogen-bond acceptors (Lipinski definition) is 5. The molecule has 0 aromatic carbocycles. The summed E-state index contributed by atoms with van der Waals surface area (Å²) in [5.41, 5.74) is 1.32. The molecule has 2 aliphatic carbocycles. The highest BCUT2D eigenvalue weighted by atomic mass is 16.4. The molecule has 2 bridgehead atoms. The molecule has 2 fully saturated rings. The monoisotopic (exact) mass is 284 g/mol. The van der Waals surface area contributed by atoms with Gasteiger partial charge in [0.15, 0.2) is 5.65 Å². The molecule has 2 saturated carbocycles. The molecule has 108 valence electrons. The molecule has 0 spiro atoms. The normalized spacial score (nSPS) is 30.7. The predicted molar refractivity (Wildman–Crippen MR) is 76.7 cm³/mol. The Morgan fingerprint density at radius 1 is 1.19 bits per heavy atom. The van der Waals surface area contributed by atoms with Gasteiger partial charge in [-0.1, -0.05) is 0 Å². The van der Waals surface area contributed by atoms with Crippen LogP contribution < -0.4 is 5.32 Å². The van der Waals surface area contributed by atoms with Crippen molar-refractivity contribution in [2.45, 2.75) is 25.3 Å². The number of anilines is 1. The van der Waals surface area contributed by atoms with Gasteiger partial charge in [0.25, 0.3) is 0 Å². The molecule has 6 heteroatoms. The highest BCUT2D eigenvalue weighted by molar-refractivity contribution is 5.74. The van der Waals surface area contributed by atoms with Gasteiger partial charge >= 0.3 is 5.97 Å². The third-order valence-corrected chi connectivity index (χ3v) is 4.85. The van der Waals surface area contributed by atoms with E-state index in [-0.39, 0.29) is 12.0 Å². The summed E-state index contributed by atoms with van der Waals surface area (Å²) < 4.78 is 0. The molecule has 0 aliphatic heterocycles. The molecule has 2 aliphatic rings. The summed E-state index contributed by atoms with van der Waals surface area (Å²) in [6, 6.07) is 3.69. The first-order valence-electron chi connectivity index (χ1n) is 7.29. The smallest absolute Gasteiger partial charge is 0.308 e. The Bertz CT molecular complexity index is 705. The average molecular weight is 284 g/mol. The van der Waals surface area contributed by atoms with Gasteiger partial charge in [0, 0.05) is 18.4 Å². The molecule has 0 radical (unpaired) electrons. The van der Waals surface area contributed by atoms with E-state index in [0.29, 0.717) is 23.3 Å². The average Bonchev–Trinajstić information content (AvgIpc) is 3.08. The molecule has 2 N–H and O–H groups in total. The molecule has 4 atom stereocenters. The van der Waals surface area contributed by atoms with Gasteiger partial charge in [0.05, 0.1) is 5.92 Å². The van der Waals surface area contributed by atoms with E-state index in [2.05, 4.69) is 20.3 Å². The molecule has 2 heterocycles. The Balaban J connectivity index is 1.63. The van der Waals surface area contributed by atoms with E-state index in [9.17, 15) is 9.90 Å². The van der Waals surface area contributed by atoms with Crippen LogP contribution in [0.25, 0.3) is 11.2 Å². The van der Waals surface area contributed by atoms with Crippen LogP contribution in [0, 0.1) is 17.8 Å². The van der Waals surface area contributed by atoms with Gasteiger partial charge in [0.2, 0.25) is 0 Å². The molecule has 4 unspecified atom stereocenters. The Labute approximate surface area is 121 Å². The molecule has 2 aromatic heterocycles. The fourth-order valence-electron chi connectivity index (χ4n) is 3.96. The molecule has 6 nitrogen and oxygen atoms in total. The van der Waals surface area contributed by atoms with Gasteiger partial charge < -0.3 is 10.4 Å². The minimum Gasteiger partial charge on any atom is -0.481 e.